The van der Waals surface area contributed by atoms with E-state index in [4.69, 9.17) is 0 Å². The monoisotopic (exact) mass is 362 g/mol. The molecule has 0 saturated heterocycles. The lowest BCUT2D eigenvalue weighted by atomic mass is 10.2. The molecule has 0 atom stereocenters. The Balaban J connectivity index is 1.60. The maximum atomic E-state index is 12.9. The molecule has 1 N–H and O–H groups in total. The van der Waals surface area contributed by atoms with Crippen molar-refractivity contribution in [1.82, 2.24) is 9.71 Å². The molecule has 0 radical (unpaired) electrons. The van der Waals surface area contributed by atoms with Crippen LogP contribution in [0, 0.1) is 5.82 Å². The van der Waals surface area contributed by atoms with Crippen LogP contribution in [0.5, 0.6) is 0 Å². The summed E-state index contributed by atoms with van der Waals surface area (Å²) in [6.45, 7) is 0.238. The van der Waals surface area contributed by atoms with E-state index in [1.807, 2.05) is 35.7 Å². The second kappa shape index (κ2) is 7.21. The molecular weight excluding hydrogens is 347 g/mol. The Bertz CT molecular complexity index is 907. The molecule has 0 amide bonds. The molecule has 3 aromatic rings. The Morgan fingerprint density at radius 3 is 2.46 bits per heavy atom. The fourth-order valence-electron chi connectivity index (χ4n) is 2.16. The first-order valence-corrected chi connectivity index (χ1v) is 9.66. The zero-order valence-corrected chi connectivity index (χ0v) is 14.3. The standard InChI is InChI=1S/C17H15FN2O2S2/c18-14-6-8-15(9-7-14)24(21,22)19-11-10-17-20-16(12-23-17)13-4-2-1-3-5-13/h1-9,12,19H,10-11H2. The summed E-state index contributed by atoms with van der Waals surface area (Å²) >= 11 is 1.50. The van der Waals surface area contributed by atoms with Crippen LogP contribution < -0.4 is 4.72 Å². The fourth-order valence-corrected chi connectivity index (χ4v) is 4.00. The van der Waals surface area contributed by atoms with Gasteiger partial charge in [-0.3, -0.25) is 0 Å². The van der Waals surface area contributed by atoms with E-state index in [9.17, 15) is 12.8 Å². The Morgan fingerprint density at radius 1 is 1.04 bits per heavy atom. The highest BCUT2D eigenvalue weighted by molar-refractivity contribution is 7.89. The van der Waals surface area contributed by atoms with Crippen molar-refractivity contribution in [2.45, 2.75) is 11.3 Å². The van der Waals surface area contributed by atoms with Gasteiger partial charge in [-0.15, -0.1) is 11.3 Å². The van der Waals surface area contributed by atoms with E-state index in [-0.39, 0.29) is 11.4 Å². The van der Waals surface area contributed by atoms with E-state index in [0.29, 0.717) is 6.42 Å². The van der Waals surface area contributed by atoms with Crippen LogP contribution in [0.2, 0.25) is 0 Å². The lowest BCUT2D eigenvalue weighted by molar-refractivity contribution is 0.580. The molecule has 0 fully saturated rings. The van der Waals surface area contributed by atoms with E-state index in [1.165, 1.54) is 23.5 Å². The summed E-state index contributed by atoms with van der Waals surface area (Å²) in [6.07, 6.45) is 0.498. The van der Waals surface area contributed by atoms with Gasteiger partial charge in [-0.05, 0) is 24.3 Å². The van der Waals surface area contributed by atoms with Crippen LogP contribution in [-0.2, 0) is 16.4 Å². The van der Waals surface area contributed by atoms with E-state index in [0.717, 1.165) is 28.4 Å². The lowest BCUT2D eigenvalue weighted by Gasteiger charge is -2.05. The molecule has 124 valence electrons. The number of rotatable bonds is 6. The lowest BCUT2D eigenvalue weighted by Crippen LogP contribution is -2.25. The van der Waals surface area contributed by atoms with Crippen LogP contribution >= 0.6 is 11.3 Å². The number of hydrogen-bond acceptors (Lipinski definition) is 4. The van der Waals surface area contributed by atoms with Crippen molar-refractivity contribution in [3.05, 3.63) is 70.8 Å². The van der Waals surface area contributed by atoms with Gasteiger partial charge in [0.1, 0.15) is 5.82 Å². The second-order valence-electron chi connectivity index (χ2n) is 5.09. The van der Waals surface area contributed by atoms with Crippen LogP contribution in [-0.4, -0.2) is 19.9 Å². The topological polar surface area (TPSA) is 59.1 Å². The van der Waals surface area contributed by atoms with Crippen LogP contribution in [0.15, 0.2) is 64.9 Å². The average Bonchev–Trinajstić information content (AvgIpc) is 3.05. The molecular formula is C17H15FN2O2S2. The van der Waals surface area contributed by atoms with Gasteiger partial charge in [-0.1, -0.05) is 30.3 Å². The van der Waals surface area contributed by atoms with E-state index < -0.39 is 15.8 Å². The number of nitrogens with zero attached hydrogens (tertiary/aromatic N) is 1. The highest BCUT2D eigenvalue weighted by Crippen LogP contribution is 2.21. The molecule has 1 aromatic heterocycles. The summed E-state index contributed by atoms with van der Waals surface area (Å²) in [4.78, 5) is 4.57. The third-order valence-corrected chi connectivity index (χ3v) is 5.76. The molecule has 0 spiro atoms. The Labute approximate surface area is 144 Å². The third-order valence-electron chi connectivity index (χ3n) is 3.38. The zero-order valence-electron chi connectivity index (χ0n) is 12.6. The first-order chi connectivity index (χ1) is 11.5. The van der Waals surface area contributed by atoms with E-state index in [1.54, 1.807) is 0 Å². The minimum Gasteiger partial charge on any atom is -0.241 e. The molecule has 0 aliphatic carbocycles. The number of sulfonamides is 1. The molecule has 1 heterocycles. The van der Waals surface area contributed by atoms with Crippen LogP contribution in [0.4, 0.5) is 4.39 Å². The summed E-state index contributed by atoms with van der Waals surface area (Å²) in [6, 6.07) is 14.6. The first kappa shape index (κ1) is 16.8. The molecule has 3 rings (SSSR count). The minimum atomic E-state index is -3.63. The van der Waals surface area contributed by atoms with Gasteiger partial charge >= 0.3 is 0 Å². The Kier molecular flexibility index (Phi) is 5.03. The molecule has 2 aromatic carbocycles. The van der Waals surface area contributed by atoms with Crippen molar-refractivity contribution >= 4 is 21.4 Å². The zero-order chi connectivity index (χ0) is 17.0. The fraction of sp³-hybridized carbons (Fsp3) is 0.118. The maximum absolute atomic E-state index is 12.9. The minimum absolute atomic E-state index is 0.0491. The van der Waals surface area contributed by atoms with Crippen molar-refractivity contribution in [3.63, 3.8) is 0 Å². The number of aromatic nitrogens is 1. The predicted molar refractivity (Wildman–Crippen MR) is 92.8 cm³/mol. The van der Waals surface area contributed by atoms with Gasteiger partial charge in [-0.2, -0.15) is 0 Å². The SMILES string of the molecule is O=S(=O)(NCCc1nc(-c2ccccc2)cs1)c1ccc(F)cc1. The number of halogens is 1. The molecule has 0 unspecified atom stereocenters. The number of hydrogen-bond donors (Lipinski definition) is 1. The molecule has 0 aliphatic heterocycles. The summed E-state index contributed by atoms with van der Waals surface area (Å²) < 4.78 is 39.6. The van der Waals surface area contributed by atoms with E-state index in [2.05, 4.69) is 9.71 Å². The van der Waals surface area contributed by atoms with Crippen LogP contribution in [0.3, 0.4) is 0 Å². The largest absolute Gasteiger partial charge is 0.241 e. The smallest absolute Gasteiger partial charge is 0.240 e. The van der Waals surface area contributed by atoms with E-state index >= 15 is 0 Å². The van der Waals surface area contributed by atoms with Crippen LogP contribution in [0.1, 0.15) is 5.01 Å². The summed E-state index contributed by atoms with van der Waals surface area (Å²) in [7, 11) is -3.63. The molecule has 0 bridgehead atoms. The van der Waals surface area contributed by atoms with Gasteiger partial charge < -0.3 is 0 Å². The predicted octanol–water partition coefficient (Wildman–Crippen LogP) is 3.47. The van der Waals surface area contributed by atoms with Crippen molar-refractivity contribution in [2.75, 3.05) is 6.54 Å². The second-order valence-corrected chi connectivity index (χ2v) is 7.80. The van der Waals surface area contributed by atoms with Crippen molar-refractivity contribution in [2.24, 2.45) is 0 Å². The maximum Gasteiger partial charge on any atom is 0.240 e. The number of thiazole rings is 1. The van der Waals surface area contributed by atoms with Gasteiger partial charge in [0.25, 0.3) is 0 Å². The summed E-state index contributed by atoms with van der Waals surface area (Å²) in [5.74, 6) is -0.467. The quantitative estimate of drug-likeness (QED) is 0.730. The van der Waals surface area contributed by atoms with Crippen molar-refractivity contribution in [3.8, 4) is 11.3 Å². The van der Waals surface area contributed by atoms with Gasteiger partial charge in [0.2, 0.25) is 10.0 Å². The van der Waals surface area contributed by atoms with Crippen LogP contribution in [0.25, 0.3) is 11.3 Å². The van der Waals surface area contributed by atoms with Gasteiger partial charge in [-0.25, -0.2) is 22.5 Å². The van der Waals surface area contributed by atoms with Gasteiger partial charge in [0.05, 0.1) is 15.6 Å². The summed E-state index contributed by atoms with van der Waals surface area (Å²) in [5.41, 5.74) is 1.92. The first-order valence-electron chi connectivity index (χ1n) is 7.30. The Hall–Kier alpha value is -2.09. The molecule has 4 nitrogen and oxygen atoms in total. The Morgan fingerprint density at radius 2 is 1.75 bits per heavy atom. The normalized spacial score (nSPS) is 11.5. The van der Waals surface area contributed by atoms with Gasteiger partial charge in [0, 0.05) is 23.9 Å². The van der Waals surface area contributed by atoms with Crippen molar-refractivity contribution < 1.29 is 12.8 Å². The number of benzene rings is 2. The highest BCUT2D eigenvalue weighted by Gasteiger charge is 2.13. The molecule has 0 saturated carbocycles. The molecule has 24 heavy (non-hydrogen) atoms. The summed E-state index contributed by atoms with van der Waals surface area (Å²) in [5, 5.41) is 2.81. The highest BCUT2D eigenvalue weighted by atomic mass is 32.2. The molecule has 7 heteroatoms. The third kappa shape index (κ3) is 4.05. The molecule has 0 aliphatic rings. The van der Waals surface area contributed by atoms with Gasteiger partial charge in [0.15, 0.2) is 0 Å². The number of nitrogens with one attached hydrogen (secondary N) is 1. The average molecular weight is 362 g/mol. The van der Waals surface area contributed by atoms with Crippen molar-refractivity contribution in [1.29, 1.82) is 0 Å².